The maximum Gasteiger partial charge on any atom is 0.183 e. The molecule has 0 aromatic heterocycles. The fourth-order valence-corrected chi connectivity index (χ4v) is 0.633. The van der Waals surface area contributed by atoms with Gasteiger partial charge >= 0.3 is 0 Å². The van der Waals surface area contributed by atoms with E-state index in [-0.39, 0.29) is 11.7 Å². The number of carbonyl (C=O) groups is 1. The van der Waals surface area contributed by atoms with E-state index in [1.165, 1.54) is 0 Å². The smallest absolute Gasteiger partial charge is 0.183 e. The highest BCUT2D eigenvalue weighted by Gasteiger charge is 2.12. The van der Waals surface area contributed by atoms with Crippen molar-refractivity contribution < 1.29 is 9.90 Å². The Kier molecular flexibility index (Phi) is 3.96. The van der Waals surface area contributed by atoms with Crippen LogP contribution in [0.1, 0.15) is 13.3 Å². The highest BCUT2D eigenvalue weighted by Crippen LogP contribution is 2.04. The molecular formula is C8H13O2. The van der Waals surface area contributed by atoms with Gasteiger partial charge in [-0.15, -0.1) is 0 Å². The molecule has 0 saturated carbocycles. The third-order valence-electron chi connectivity index (χ3n) is 1.16. The second-order valence-electron chi connectivity index (χ2n) is 2.46. The van der Waals surface area contributed by atoms with Gasteiger partial charge in [-0.05, 0) is 18.4 Å². The van der Waals surface area contributed by atoms with Crippen LogP contribution in [0.15, 0.2) is 12.7 Å². The van der Waals surface area contributed by atoms with Gasteiger partial charge in [-0.2, -0.15) is 0 Å². The number of aliphatic hydroxyl groups is 1. The zero-order chi connectivity index (χ0) is 8.15. The molecule has 57 valence electrons. The number of aliphatic hydroxyl groups excluding tert-OH is 1. The topological polar surface area (TPSA) is 37.3 Å². The van der Waals surface area contributed by atoms with E-state index in [2.05, 4.69) is 13.5 Å². The maximum absolute atomic E-state index is 10.7. The molecule has 1 N–H and O–H groups in total. The maximum atomic E-state index is 10.7. The first-order valence-corrected chi connectivity index (χ1v) is 3.25. The van der Waals surface area contributed by atoms with Crippen molar-refractivity contribution in [2.45, 2.75) is 19.4 Å². The van der Waals surface area contributed by atoms with E-state index in [0.29, 0.717) is 6.42 Å². The Morgan fingerprint density at radius 1 is 1.80 bits per heavy atom. The minimum Gasteiger partial charge on any atom is -0.385 e. The largest absolute Gasteiger partial charge is 0.385 e. The van der Waals surface area contributed by atoms with E-state index >= 15 is 0 Å². The summed E-state index contributed by atoms with van der Waals surface area (Å²) in [6.07, 6.45) is 0.628. The van der Waals surface area contributed by atoms with Crippen LogP contribution in [0.3, 0.4) is 0 Å². The molecule has 0 aromatic rings. The third kappa shape index (κ3) is 3.41. The Morgan fingerprint density at radius 2 is 2.30 bits per heavy atom. The van der Waals surface area contributed by atoms with Crippen LogP contribution < -0.4 is 0 Å². The van der Waals surface area contributed by atoms with Gasteiger partial charge in [0.1, 0.15) is 6.10 Å². The average Bonchev–Trinajstić information content (AvgIpc) is 1.85. The summed E-state index contributed by atoms with van der Waals surface area (Å²) in [5.41, 5.74) is 0. The fourth-order valence-electron chi connectivity index (χ4n) is 0.633. The number of hydrogen-bond acceptors (Lipinski definition) is 2. The van der Waals surface area contributed by atoms with Crippen LogP contribution in [0, 0.1) is 12.8 Å². The zero-order valence-electron chi connectivity index (χ0n) is 6.21. The third-order valence-corrected chi connectivity index (χ3v) is 1.16. The number of ketones is 1. The van der Waals surface area contributed by atoms with Crippen molar-refractivity contribution in [2.75, 3.05) is 0 Å². The number of carbonyl (C=O) groups excluding carboxylic acids is 1. The Balaban J connectivity index is 3.72. The van der Waals surface area contributed by atoms with Crippen molar-refractivity contribution in [3.8, 4) is 0 Å². The lowest BCUT2D eigenvalue weighted by Crippen LogP contribution is -2.19. The van der Waals surface area contributed by atoms with Crippen LogP contribution in [0.2, 0.25) is 0 Å². The van der Waals surface area contributed by atoms with Gasteiger partial charge in [0.05, 0.1) is 0 Å². The van der Waals surface area contributed by atoms with Crippen LogP contribution in [-0.2, 0) is 4.79 Å². The van der Waals surface area contributed by atoms with Crippen LogP contribution >= 0.6 is 0 Å². The predicted molar refractivity (Wildman–Crippen MR) is 40.3 cm³/mol. The Labute approximate surface area is 61.6 Å². The Hall–Kier alpha value is -0.630. The second kappa shape index (κ2) is 4.23. The van der Waals surface area contributed by atoms with Gasteiger partial charge in [0.25, 0.3) is 0 Å². The van der Waals surface area contributed by atoms with E-state index in [1.54, 1.807) is 0 Å². The van der Waals surface area contributed by atoms with Gasteiger partial charge < -0.3 is 5.11 Å². The first-order valence-electron chi connectivity index (χ1n) is 3.25. The normalized spacial score (nSPS) is 13.2. The van der Waals surface area contributed by atoms with E-state index < -0.39 is 6.10 Å². The molecule has 2 nitrogen and oxygen atoms in total. The second-order valence-corrected chi connectivity index (χ2v) is 2.46. The van der Waals surface area contributed by atoms with Crippen LogP contribution in [0.5, 0.6) is 0 Å². The van der Waals surface area contributed by atoms with Crippen molar-refractivity contribution in [2.24, 2.45) is 5.92 Å². The summed E-state index contributed by atoms with van der Waals surface area (Å²) in [5.74, 6) is -0.227. The van der Waals surface area contributed by atoms with Crippen molar-refractivity contribution in [3.63, 3.8) is 0 Å². The summed E-state index contributed by atoms with van der Waals surface area (Å²) in [6.45, 7) is 8.75. The lowest BCUT2D eigenvalue weighted by molar-refractivity contribution is -0.122. The summed E-state index contributed by atoms with van der Waals surface area (Å²) in [5, 5.41) is 9.03. The molecule has 2 heteroatoms. The van der Waals surface area contributed by atoms with E-state index in [4.69, 9.17) is 5.11 Å². The van der Waals surface area contributed by atoms with Crippen molar-refractivity contribution in [1.82, 2.24) is 0 Å². The summed E-state index contributed by atoms with van der Waals surface area (Å²) in [4.78, 5) is 10.7. The van der Waals surface area contributed by atoms with Gasteiger partial charge in [-0.1, -0.05) is 20.4 Å². The molecular weight excluding hydrogens is 128 g/mol. The van der Waals surface area contributed by atoms with Crippen LogP contribution in [-0.4, -0.2) is 17.0 Å². The van der Waals surface area contributed by atoms with E-state index in [1.807, 2.05) is 6.92 Å². The highest BCUT2D eigenvalue weighted by molar-refractivity contribution is 5.92. The summed E-state index contributed by atoms with van der Waals surface area (Å²) in [6, 6.07) is 0. The molecule has 2 unspecified atom stereocenters. The molecule has 0 rings (SSSR count). The fraction of sp³-hybridized carbons (Fsp3) is 0.500. The monoisotopic (exact) mass is 141 g/mol. The van der Waals surface area contributed by atoms with Crippen molar-refractivity contribution >= 4 is 5.78 Å². The SMILES string of the molecule is [CH2]C(C)CC(O)C(=O)C=C. The molecule has 0 bridgehead atoms. The molecule has 10 heavy (non-hydrogen) atoms. The van der Waals surface area contributed by atoms with Crippen LogP contribution in [0.25, 0.3) is 0 Å². The van der Waals surface area contributed by atoms with Gasteiger partial charge in [0.15, 0.2) is 5.78 Å². The molecule has 0 saturated heterocycles. The molecule has 0 fully saturated rings. The molecule has 0 aliphatic rings. The van der Waals surface area contributed by atoms with E-state index in [0.717, 1.165) is 6.08 Å². The molecule has 0 heterocycles. The van der Waals surface area contributed by atoms with Crippen molar-refractivity contribution in [3.05, 3.63) is 19.6 Å². The summed E-state index contributed by atoms with van der Waals surface area (Å²) >= 11 is 0. The molecule has 0 aromatic carbocycles. The van der Waals surface area contributed by atoms with Crippen molar-refractivity contribution in [1.29, 1.82) is 0 Å². The van der Waals surface area contributed by atoms with Gasteiger partial charge in [0, 0.05) is 0 Å². The lowest BCUT2D eigenvalue weighted by atomic mass is 10.0. The number of rotatable bonds is 4. The molecule has 2 atom stereocenters. The molecule has 0 aliphatic heterocycles. The Morgan fingerprint density at radius 3 is 2.60 bits per heavy atom. The zero-order valence-corrected chi connectivity index (χ0v) is 6.21. The summed E-state index contributed by atoms with van der Waals surface area (Å²) in [7, 11) is 0. The number of hydrogen-bond donors (Lipinski definition) is 1. The average molecular weight is 141 g/mol. The standard InChI is InChI=1S/C8H13O2/c1-4-7(9)8(10)5-6(2)3/h4,6,8,10H,1-2,5H2,3H3. The van der Waals surface area contributed by atoms with Gasteiger partial charge in [0.2, 0.25) is 0 Å². The highest BCUT2D eigenvalue weighted by atomic mass is 16.3. The van der Waals surface area contributed by atoms with Gasteiger partial charge in [-0.3, -0.25) is 4.79 Å². The Bertz CT molecular complexity index is 127. The quantitative estimate of drug-likeness (QED) is 0.592. The molecule has 0 amide bonds. The first-order chi connectivity index (χ1) is 4.57. The summed E-state index contributed by atoms with van der Waals surface area (Å²) < 4.78 is 0. The van der Waals surface area contributed by atoms with Gasteiger partial charge in [-0.25, -0.2) is 0 Å². The minimum atomic E-state index is -0.912. The predicted octanol–water partition coefficient (Wildman–Crippen LogP) is 0.963. The molecule has 0 spiro atoms. The van der Waals surface area contributed by atoms with E-state index in [9.17, 15) is 4.79 Å². The van der Waals surface area contributed by atoms with Crippen LogP contribution in [0.4, 0.5) is 0 Å². The first kappa shape index (κ1) is 9.37. The minimum absolute atomic E-state index is 0.0962. The molecule has 1 radical (unpaired) electrons. The molecule has 0 aliphatic carbocycles. The lowest BCUT2D eigenvalue weighted by Gasteiger charge is -2.08.